The Morgan fingerprint density at radius 1 is 1.44 bits per heavy atom. The fraction of sp³-hybridized carbons (Fsp3) is 0.917. The first-order valence-corrected chi connectivity index (χ1v) is 6.23. The lowest BCUT2D eigenvalue weighted by atomic mass is 10.1. The summed E-state index contributed by atoms with van der Waals surface area (Å²) < 4.78 is 5.88. The van der Waals surface area contributed by atoms with E-state index < -0.39 is 0 Å². The minimum Gasteiger partial charge on any atom is -0.371 e. The minimum atomic E-state index is 0.0495. The van der Waals surface area contributed by atoms with E-state index in [2.05, 4.69) is 24.5 Å². The summed E-state index contributed by atoms with van der Waals surface area (Å²) in [6, 6.07) is 0.321. The van der Waals surface area contributed by atoms with Gasteiger partial charge in [-0.3, -0.25) is 4.79 Å². The molecule has 0 spiro atoms. The number of carbonyl (C=O) groups excluding carboxylic acids is 1. The number of amides is 1. The molecule has 2 rings (SSSR count). The van der Waals surface area contributed by atoms with Gasteiger partial charge in [-0.1, -0.05) is 0 Å². The predicted octanol–water partition coefficient (Wildman–Crippen LogP) is 0.812. The second-order valence-corrected chi connectivity index (χ2v) is 5.50. The van der Waals surface area contributed by atoms with E-state index >= 15 is 0 Å². The molecule has 0 aromatic rings. The molecule has 0 aliphatic carbocycles. The summed E-state index contributed by atoms with van der Waals surface area (Å²) >= 11 is 0. The highest BCUT2D eigenvalue weighted by Crippen LogP contribution is 2.28. The van der Waals surface area contributed by atoms with Crippen molar-refractivity contribution < 1.29 is 9.53 Å². The Kier molecular flexibility index (Phi) is 3.50. The molecule has 2 atom stereocenters. The normalized spacial score (nSPS) is 33.0. The molecule has 2 unspecified atom stereocenters. The molecule has 2 N–H and O–H groups in total. The SMILES string of the molecule is CC1(C)CCC(CNCC2CCC(=O)N2)O1. The summed E-state index contributed by atoms with van der Waals surface area (Å²) in [5.74, 6) is 0.185. The molecular weight excluding hydrogens is 204 g/mol. The molecule has 0 bridgehead atoms. The molecule has 92 valence electrons. The van der Waals surface area contributed by atoms with Crippen LogP contribution in [0, 0.1) is 0 Å². The molecule has 4 heteroatoms. The van der Waals surface area contributed by atoms with Crippen molar-refractivity contribution in [3.8, 4) is 0 Å². The lowest BCUT2D eigenvalue weighted by molar-refractivity contribution is -0.119. The largest absolute Gasteiger partial charge is 0.371 e. The zero-order valence-corrected chi connectivity index (χ0v) is 10.2. The minimum absolute atomic E-state index is 0.0495. The Morgan fingerprint density at radius 3 is 2.81 bits per heavy atom. The Labute approximate surface area is 97.1 Å². The first-order chi connectivity index (χ1) is 7.55. The van der Waals surface area contributed by atoms with Gasteiger partial charge in [0.05, 0.1) is 11.7 Å². The van der Waals surface area contributed by atoms with Crippen molar-refractivity contribution in [3.63, 3.8) is 0 Å². The molecule has 1 amide bonds. The molecule has 0 aromatic carbocycles. The summed E-state index contributed by atoms with van der Waals surface area (Å²) in [4.78, 5) is 11.0. The topological polar surface area (TPSA) is 50.4 Å². The Bertz CT molecular complexity index is 266. The van der Waals surface area contributed by atoms with Crippen LogP contribution in [0.1, 0.15) is 39.5 Å². The van der Waals surface area contributed by atoms with E-state index in [1.165, 1.54) is 0 Å². The molecule has 0 radical (unpaired) electrons. The van der Waals surface area contributed by atoms with Gasteiger partial charge in [0, 0.05) is 25.6 Å². The highest BCUT2D eigenvalue weighted by molar-refractivity contribution is 5.78. The summed E-state index contributed by atoms with van der Waals surface area (Å²) in [5.41, 5.74) is 0.0495. The van der Waals surface area contributed by atoms with E-state index in [4.69, 9.17) is 4.74 Å². The van der Waals surface area contributed by atoms with Gasteiger partial charge in [-0.2, -0.15) is 0 Å². The third kappa shape index (κ3) is 3.19. The quantitative estimate of drug-likeness (QED) is 0.746. The van der Waals surface area contributed by atoms with E-state index in [9.17, 15) is 4.79 Å². The van der Waals surface area contributed by atoms with Gasteiger partial charge in [0.2, 0.25) is 5.91 Å². The van der Waals surface area contributed by atoms with Crippen molar-refractivity contribution in [1.29, 1.82) is 0 Å². The number of ether oxygens (including phenoxy) is 1. The fourth-order valence-corrected chi connectivity index (χ4v) is 2.47. The van der Waals surface area contributed by atoms with Crippen LogP contribution in [0.5, 0.6) is 0 Å². The van der Waals surface area contributed by atoms with E-state index in [0.717, 1.165) is 32.4 Å². The molecule has 4 nitrogen and oxygen atoms in total. The molecule has 16 heavy (non-hydrogen) atoms. The number of hydrogen-bond acceptors (Lipinski definition) is 3. The van der Waals surface area contributed by atoms with Gasteiger partial charge < -0.3 is 15.4 Å². The maximum atomic E-state index is 11.0. The average Bonchev–Trinajstić information content (AvgIpc) is 2.73. The van der Waals surface area contributed by atoms with Crippen molar-refractivity contribution >= 4 is 5.91 Å². The number of carbonyl (C=O) groups is 1. The zero-order valence-electron chi connectivity index (χ0n) is 10.2. The Morgan fingerprint density at radius 2 is 2.25 bits per heavy atom. The first kappa shape index (κ1) is 11.9. The third-order valence-electron chi connectivity index (χ3n) is 3.40. The molecule has 2 aliphatic heterocycles. The van der Waals surface area contributed by atoms with Gasteiger partial charge in [0.25, 0.3) is 0 Å². The lowest BCUT2D eigenvalue weighted by Crippen LogP contribution is -2.39. The van der Waals surface area contributed by atoms with E-state index in [0.29, 0.717) is 18.6 Å². The summed E-state index contributed by atoms with van der Waals surface area (Å²) in [6.07, 6.45) is 4.26. The van der Waals surface area contributed by atoms with Crippen LogP contribution in [-0.4, -0.2) is 36.7 Å². The molecule has 0 saturated carbocycles. The monoisotopic (exact) mass is 226 g/mol. The van der Waals surface area contributed by atoms with Crippen LogP contribution in [0.3, 0.4) is 0 Å². The smallest absolute Gasteiger partial charge is 0.220 e. The molecule has 2 aliphatic rings. The van der Waals surface area contributed by atoms with E-state index in [1.807, 2.05) is 0 Å². The average molecular weight is 226 g/mol. The van der Waals surface area contributed by atoms with E-state index in [-0.39, 0.29) is 11.5 Å². The number of nitrogens with one attached hydrogen (secondary N) is 2. The maximum Gasteiger partial charge on any atom is 0.220 e. The standard InChI is InChI=1S/C12H22N2O2/c1-12(2)6-5-10(16-12)8-13-7-9-3-4-11(15)14-9/h9-10,13H,3-8H2,1-2H3,(H,14,15). The van der Waals surface area contributed by atoms with Crippen LogP contribution in [0.25, 0.3) is 0 Å². The van der Waals surface area contributed by atoms with Gasteiger partial charge in [0.1, 0.15) is 0 Å². The van der Waals surface area contributed by atoms with Crippen LogP contribution in [0.4, 0.5) is 0 Å². The van der Waals surface area contributed by atoms with Crippen LogP contribution in [0.15, 0.2) is 0 Å². The molecule has 2 fully saturated rings. The number of hydrogen-bond donors (Lipinski definition) is 2. The highest BCUT2D eigenvalue weighted by atomic mass is 16.5. The predicted molar refractivity (Wildman–Crippen MR) is 62.2 cm³/mol. The second-order valence-electron chi connectivity index (χ2n) is 5.50. The van der Waals surface area contributed by atoms with Crippen LogP contribution < -0.4 is 10.6 Å². The van der Waals surface area contributed by atoms with Gasteiger partial charge in [-0.05, 0) is 33.1 Å². The zero-order chi connectivity index (χ0) is 11.6. The van der Waals surface area contributed by atoms with Gasteiger partial charge in [0.15, 0.2) is 0 Å². The van der Waals surface area contributed by atoms with Crippen molar-refractivity contribution in [2.24, 2.45) is 0 Å². The third-order valence-corrected chi connectivity index (χ3v) is 3.40. The van der Waals surface area contributed by atoms with Gasteiger partial charge in [-0.15, -0.1) is 0 Å². The maximum absolute atomic E-state index is 11.0. The molecule has 2 saturated heterocycles. The second kappa shape index (κ2) is 4.72. The molecular formula is C12H22N2O2. The van der Waals surface area contributed by atoms with E-state index in [1.54, 1.807) is 0 Å². The first-order valence-electron chi connectivity index (χ1n) is 6.23. The lowest BCUT2D eigenvalue weighted by Gasteiger charge is -2.20. The summed E-state index contributed by atoms with van der Waals surface area (Å²) in [7, 11) is 0. The van der Waals surface area contributed by atoms with Crippen molar-refractivity contribution in [2.75, 3.05) is 13.1 Å². The van der Waals surface area contributed by atoms with Crippen molar-refractivity contribution in [2.45, 2.75) is 57.3 Å². The highest BCUT2D eigenvalue weighted by Gasteiger charge is 2.31. The van der Waals surface area contributed by atoms with Crippen LogP contribution in [-0.2, 0) is 9.53 Å². The summed E-state index contributed by atoms with van der Waals surface area (Å²) in [5, 5.41) is 6.34. The Hall–Kier alpha value is -0.610. The van der Waals surface area contributed by atoms with Crippen molar-refractivity contribution in [3.05, 3.63) is 0 Å². The Balaban J connectivity index is 1.60. The van der Waals surface area contributed by atoms with Gasteiger partial charge >= 0.3 is 0 Å². The van der Waals surface area contributed by atoms with Crippen LogP contribution >= 0.6 is 0 Å². The van der Waals surface area contributed by atoms with Gasteiger partial charge in [-0.25, -0.2) is 0 Å². The number of rotatable bonds is 4. The molecule has 0 aromatic heterocycles. The summed E-state index contributed by atoms with van der Waals surface area (Å²) in [6.45, 7) is 6.05. The van der Waals surface area contributed by atoms with Crippen molar-refractivity contribution in [1.82, 2.24) is 10.6 Å². The molecule has 2 heterocycles. The van der Waals surface area contributed by atoms with Crippen LogP contribution in [0.2, 0.25) is 0 Å². The fourth-order valence-electron chi connectivity index (χ4n) is 2.47.